The van der Waals surface area contributed by atoms with Gasteiger partial charge in [0, 0.05) is 28.8 Å². The third kappa shape index (κ3) is 4.05. The number of fused-ring (bicyclic) bond motifs is 2. The maximum atomic E-state index is 13.3. The smallest absolute Gasteiger partial charge is 0.345 e. The monoisotopic (exact) mass is 541 g/mol. The van der Waals surface area contributed by atoms with Crippen LogP contribution in [0.5, 0.6) is 0 Å². The molecule has 7 aromatic rings. The SMILES string of the molecule is O=c1cc2nc(-c3cn(-c4ccccc4)nc3-c3ccccc3)cc(-c3cc4ccccc4oc3=O)n2c(=S)[nH]1. The van der Waals surface area contributed by atoms with Crippen LogP contribution in [0.2, 0.25) is 0 Å². The van der Waals surface area contributed by atoms with E-state index < -0.39 is 11.2 Å². The Hall–Kier alpha value is -5.41. The Kier molecular flexibility index (Phi) is 5.57. The lowest BCUT2D eigenvalue weighted by molar-refractivity contribution is 0.563. The van der Waals surface area contributed by atoms with Gasteiger partial charge in [-0.25, -0.2) is 14.5 Å². The van der Waals surface area contributed by atoms with Gasteiger partial charge in [0.15, 0.2) is 4.77 Å². The summed E-state index contributed by atoms with van der Waals surface area (Å²) in [6, 6.07) is 31.7. The first kappa shape index (κ1) is 23.7. The molecule has 0 aliphatic heterocycles. The van der Waals surface area contributed by atoms with Crippen LogP contribution in [-0.4, -0.2) is 24.1 Å². The van der Waals surface area contributed by atoms with Crippen LogP contribution >= 0.6 is 12.2 Å². The van der Waals surface area contributed by atoms with Crippen molar-refractivity contribution in [3.63, 3.8) is 0 Å². The minimum atomic E-state index is -0.534. The molecule has 0 atom stereocenters. The van der Waals surface area contributed by atoms with E-state index in [2.05, 4.69) is 4.98 Å². The standard InChI is InChI=1S/C31H19N5O3S/c37-28-17-27-32-24(23-18-35(21-12-5-2-6-13-21)34-29(23)19-9-3-1-4-10-19)16-25(36(27)31(40)33-28)22-15-20-11-7-8-14-26(20)39-30(22)38/h1-18H,(H,33,37,40). The van der Waals surface area contributed by atoms with E-state index in [9.17, 15) is 9.59 Å². The molecule has 192 valence electrons. The lowest BCUT2D eigenvalue weighted by atomic mass is 10.0. The molecule has 0 spiro atoms. The Morgan fingerprint density at radius 3 is 2.33 bits per heavy atom. The highest BCUT2D eigenvalue weighted by molar-refractivity contribution is 7.71. The largest absolute Gasteiger partial charge is 0.422 e. The first-order valence-corrected chi connectivity index (χ1v) is 12.9. The second kappa shape index (κ2) is 9.40. The average Bonchev–Trinajstić information content (AvgIpc) is 3.43. The zero-order valence-corrected chi connectivity index (χ0v) is 21.6. The zero-order valence-electron chi connectivity index (χ0n) is 20.8. The molecule has 7 rings (SSSR count). The number of nitrogens with one attached hydrogen (secondary N) is 1. The molecular formula is C31H19N5O3S. The quantitative estimate of drug-likeness (QED) is 0.215. The fourth-order valence-corrected chi connectivity index (χ4v) is 5.10. The molecule has 0 fully saturated rings. The van der Waals surface area contributed by atoms with Crippen molar-refractivity contribution in [3.8, 4) is 39.5 Å². The molecule has 0 unspecified atom stereocenters. The Morgan fingerprint density at radius 2 is 1.52 bits per heavy atom. The molecule has 4 heterocycles. The van der Waals surface area contributed by atoms with Gasteiger partial charge in [-0.3, -0.25) is 14.2 Å². The van der Waals surface area contributed by atoms with E-state index in [1.807, 2.05) is 79.0 Å². The van der Waals surface area contributed by atoms with Crippen LogP contribution in [0.1, 0.15) is 0 Å². The molecule has 3 aromatic carbocycles. The number of hydrogen-bond acceptors (Lipinski definition) is 6. The van der Waals surface area contributed by atoms with E-state index >= 15 is 0 Å². The lowest BCUT2D eigenvalue weighted by Crippen LogP contribution is -2.14. The van der Waals surface area contributed by atoms with Crippen molar-refractivity contribution in [1.82, 2.24) is 24.1 Å². The summed E-state index contributed by atoms with van der Waals surface area (Å²) in [6.07, 6.45) is 1.89. The van der Waals surface area contributed by atoms with E-state index in [-0.39, 0.29) is 10.3 Å². The predicted octanol–water partition coefficient (Wildman–Crippen LogP) is 6.05. The summed E-state index contributed by atoms with van der Waals surface area (Å²) in [5, 5.41) is 5.66. The van der Waals surface area contributed by atoms with Crippen molar-refractivity contribution < 1.29 is 4.42 Å². The van der Waals surface area contributed by atoms with Gasteiger partial charge in [-0.15, -0.1) is 0 Å². The minimum absolute atomic E-state index is 0.118. The molecule has 0 amide bonds. The Balaban J connectivity index is 1.56. The van der Waals surface area contributed by atoms with Crippen molar-refractivity contribution in [1.29, 1.82) is 0 Å². The molecule has 0 radical (unpaired) electrons. The Labute approximate surface area is 231 Å². The van der Waals surface area contributed by atoms with E-state index in [0.717, 1.165) is 22.2 Å². The summed E-state index contributed by atoms with van der Waals surface area (Å²) in [4.78, 5) is 33.2. The van der Waals surface area contributed by atoms with Crippen LogP contribution in [0.25, 0.3) is 56.1 Å². The molecule has 0 bridgehead atoms. The maximum Gasteiger partial charge on any atom is 0.345 e. The summed E-state index contributed by atoms with van der Waals surface area (Å²) in [6.45, 7) is 0. The number of nitrogens with zero attached hydrogens (tertiary/aromatic N) is 4. The zero-order chi connectivity index (χ0) is 27.2. The van der Waals surface area contributed by atoms with Crippen LogP contribution in [0.4, 0.5) is 0 Å². The molecule has 4 aromatic heterocycles. The fourth-order valence-electron chi connectivity index (χ4n) is 4.81. The van der Waals surface area contributed by atoms with Crippen molar-refractivity contribution in [3.05, 3.63) is 135 Å². The van der Waals surface area contributed by atoms with Crippen molar-refractivity contribution in [2.24, 2.45) is 0 Å². The molecule has 8 nitrogen and oxygen atoms in total. The van der Waals surface area contributed by atoms with Crippen molar-refractivity contribution in [2.75, 3.05) is 0 Å². The highest BCUT2D eigenvalue weighted by Gasteiger charge is 2.20. The summed E-state index contributed by atoms with van der Waals surface area (Å²) >= 11 is 5.52. The second-order valence-corrected chi connectivity index (χ2v) is 9.57. The highest BCUT2D eigenvalue weighted by Crippen LogP contribution is 2.33. The van der Waals surface area contributed by atoms with Gasteiger partial charge in [-0.05, 0) is 42.5 Å². The summed E-state index contributed by atoms with van der Waals surface area (Å²) in [5.41, 5.74) is 4.26. The Bertz CT molecular complexity index is 2230. The summed E-state index contributed by atoms with van der Waals surface area (Å²) in [5.74, 6) is 0. The second-order valence-electron chi connectivity index (χ2n) is 9.18. The van der Waals surface area contributed by atoms with Crippen LogP contribution in [0, 0.1) is 4.77 Å². The molecule has 0 aliphatic carbocycles. The predicted molar refractivity (Wildman–Crippen MR) is 156 cm³/mol. The number of para-hydroxylation sites is 2. The van der Waals surface area contributed by atoms with Crippen LogP contribution in [0.15, 0.2) is 123 Å². The highest BCUT2D eigenvalue weighted by atomic mass is 32.1. The van der Waals surface area contributed by atoms with Gasteiger partial charge in [-0.1, -0.05) is 66.7 Å². The van der Waals surface area contributed by atoms with Gasteiger partial charge in [0.1, 0.15) is 16.9 Å². The van der Waals surface area contributed by atoms with Gasteiger partial charge in [0.05, 0.1) is 22.6 Å². The molecule has 9 heteroatoms. The van der Waals surface area contributed by atoms with E-state index in [0.29, 0.717) is 28.3 Å². The Morgan fingerprint density at radius 1 is 0.800 bits per heavy atom. The molecule has 1 N–H and O–H groups in total. The van der Waals surface area contributed by atoms with Gasteiger partial charge in [0.25, 0.3) is 5.56 Å². The minimum Gasteiger partial charge on any atom is -0.422 e. The fraction of sp³-hybridized carbons (Fsp3) is 0. The van der Waals surface area contributed by atoms with Gasteiger partial charge in [0.2, 0.25) is 0 Å². The van der Waals surface area contributed by atoms with Crippen molar-refractivity contribution in [2.45, 2.75) is 0 Å². The third-order valence-electron chi connectivity index (χ3n) is 6.65. The molecule has 40 heavy (non-hydrogen) atoms. The number of hydrogen-bond donors (Lipinski definition) is 1. The topological polar surface area (TPSA) is 98.2 Å². The summed E-state index contributed by atoms with van der Waals surface area (Å²) < 4.78 is 9.13. The summed E-state index contributed by atoms with van der Waals surface area (Å²) in [7, 11) is 0. The molecule has 0 saturated carbocycles. The van der Waals surface area contributed by atoms with E-state index in [1.54, 1.807) is 33.3 Å². The van der Waals surface area contributed by atoms with Gasteiger partial charge < -0.3 is 4.42 Å². The normalized spacial score (nSPS) is 11.3. The van der Waals surface area contributed by atoms with Crippen LogP contribution < -0.4 is 11.2 Å². The average molecular weight is 542 g/mol. The first-order valence-electron chi connectivity index (χ1n) is 12.5. The van der Waals surface area contributed by atoms with Gasteiger partial charge in [-0.2, -0.15) is 5.10 Å². The number of rotatable bonds is 4. The maximum absolute atomic E-state index is 13.3. The molecular weight excluding hydrogens is 522 g/mol. The van der Waals surface area contributed by atoms with Crippen LogP contribution in [-0.2, 0) is 0 Å². The van der Waals surface area contributed by atoms with Crippen LogP contribution in [0.3, 0.4) is 0 Å². The van der Waals surface area contributed by atoms with E-state index in [4.69, 9.17) is 26.7 Å². The molecule has 0 saturated heterocycles. The third-order valence-corrected chi connectivity index (χ3v) is 6.93. The number of aromatic amines is 1. The number of aromatic nitrogens is 5. The number of benzene rings is 3. The molecule has 0 aliphatic rings. The number of H-pyrrole nitrogens is 1. The van der Waals surface area contributed by atoms with E-state index in [1.165, 1.54) is 6.07 Å². The van der Waals surface area contributed by atoms with Gasteiger partial charge >= 0.3 is 5.63 Å². The lowest BCUT2D eigenvalue weighted by Gasteiger charge is -2.12. The first-order chi connectivity index (χ1) is 19.5. The van der Waals surface area contributed by atoms with Crippen molar-refractivity contribution >= 4 is 28.8 Å².